The topological polar surface area (TPSA) is 77.0 Å². The summed E-state index contributed by atoms with van der Waals surface area (Å²) in [5.74, 6) is 0.646. The molecule has 19 heavy (non-hydrogen) atoms. The van der Waals surface area contributed by atoms with Gasteiger partial charge >= 0.3 is 0 Å². The number of ether oxygens (including phenoxy) is 1. The number of nitrogens with one attached hydrogen (secondary N) is 1. The summed E-state index contributed by atoms with van der Waals surface area (Å²) in [4.78, 5) is 22.9. The maximum absolute atomic E-state index is 10.2. The van der Waals surface area contributed by atoms with Gasteiger partial charge in [0.05, 0.1) is 36.1 Å². The summed E-state index contributed by atoms with van der Waals surface area (Å²) in [6.07, 6.45) is 5.59. The number of carbonyl (C=O) groups is 1. The lowest BCUT2D eigenvalue weighted by molar-refractivity contribution is -0.128. The van der Waals surface area contributed by atoms with Crippen LogP contribution >= 0.6 is 0 Å². The summed E-state index contributed by atoms with van der Waals surface area (Å²) in [6.45, 7) is 2.58. The molecule has 2 heterocycles. The monoisotopic (exact) mass is 258 g/mol. The summed E-state index contributed by atoms with van der Waals surface area (Å²) in [7, 11) is 0. The third kappa shape index (κ3) is 3.74. The van der Waals surface area contributed by atoms with E-state index >= 15 is 0 Å². The highest BCUT2D eigenvalue weighted by Crippen LogP contribution is 2.16. The molecule has 0 atom stereocenters. The van der Waals surface area contributed by atoms with Crippen LogP contribution < -0.4 is 5.32 Å². The molecule has 0 fully saturated rings. The van der Waals surface area contributed by atoms with Crippen molar-refractivity contribution in [1.82, 2.24) is 15.0 Å². The molecule has 0 aliphatic carbocycles. The second-order valence-electron chi connectivity index (χ2n) is 3.89. The first-order valence-corrected chi connectivity index (χ1v) is 5.84. The van der Waals surface area contributed by atoms with Gasteiger partial charge < -0.3 is 10.1 Å². The Morgan fingerprint density at radius 3 is 3.05 bits per heavy atom. The van der Waals surface area contributed by atoms with Gasteiger partial charge in [0.1, 0.15) is 0 Å². The van der Waals surface area contributed by atoms with Crippen molar-refractivity contribution >= 4 is 18.0 Å². The smallest absolute Gasteiger partial charge is 0.293 e. The lowest BCUT2D eigenvalue weighted by atomic mass is 10.3. The van der Waals surface area contributed by atoms with Crippen LogP contribution in [0.4, 0.5) is 11.5 Å². The van der Waals surface area contributed by atoms with Gasteiger partial charge in [-0.2, -0.15) is 0 Å². The molecule has 0 aliphatic rings. The highest BCUT2D eigenvalue weighted by molar-refractivity contribution is 5.56. The number of carbonyl (C=O) groups excluding carboxylic acids is 1. The Labute approximate surface area is 110 Å². The van der Waals surface area contributed by atoms with Crippen molar-refractivity contribution in [3.05, 3.63) is 42.1 Å². The molecule has 0 radical (unpaired) electrons. The van der Waals surface area contributed by atoms with E-state index < -0.39 is 0 Å². The molecule has 0 aliphatic heterocycles. The van der Waals surface area contributed by atoms with Crippen molar-refractivity contribution in [3.8, 4) is 0 Å². The van der Waals surface area contributed by atoms with Crippen molar-refractivity contribution in [1.29, 1.82) is 0 Å². The molecule has 2 aromatic heterocycles. The van der Waals surface area contributed by atoms with Crippen LogP contribution in [0, 0.1) is 6.92 Å². The number of aromatic nitrogens is 3. The largest absolute Gasteiger partial charge is 0.467 e. The van der Waals surface area contributed by atoms with E-state index in [1.807, 2.05) is 19.1 Å². The Morgan fingerprint density at radius 1 is 1.42 bits per heavy atom. The first-order valence-electron chi connectivity index (χ1n) is 5.84. The third-order valence-electron chi connectivity index (χ3n) is 2.41. The van der Waals surface area contributed by atoms with Crippen molar-refractivity contribution in [2.24, 2.45) is 0 Å². The Kier molecular flexibility index (Phi) is 4.39. The van der Waals surface area contributed by atoms with E-state index in [0.29, 0.717) is 18.7 Å². The van der Waals surface area contributed by atoms with Crippen molar-refractivity contribution < 1.29 is 9.53 Å². The van der Waals surface area contributed by atoms with E-state index in [4.69, 9.17) is 4.74 Å². The van der Waals surface area contributed by atoms with Gasteiger partial charge in [0, 0.05) is 12.6 Å². The standard InChI is InChI=1S/C13H14N4O2/c1-10-7-15-13(12(16-10)4-6-19-9-18)17-11-3-2-5-14-8-11/h2-3,5,7-9H,4,6H2,1H3,(H,15,17). The summed E-state index contributed by atoms with van der Waals surface area (Å²) in [6, 6.07) is 3.72. The molecule has 2 aromatic rings. The first-order chi connectivity index (χ1) is 9.29. The summed E-state index contributed by atoms with van der Waals surface area (Å²) in [5.41, 5.74) is 2.40. The zero-order chi connectivity index (χ0) is 13.5. The molecule has 0 saturated carbocycles. The predicted octanol–water partition coefficient (Wildman–Crippen LogP) is 1.64. The zero-order valence-corrected chi connectivity index (χ0v) is 10.5. The second kappa shape index (κ2) is 6.44. The number of hydrogen-bond donors (Lipinski definition) is 1. The van der Waals surface area contributed by atoms with Gasteiger partial charge in [-0.1, -0.05) is 0 Å². The fraction of sp³-hybridized carbons (Fsp3) is 0.231. The minimum absolute atomic E-state index is 0.281. The molecule has 1 N–H and O–H groups in total. The van der Waals surface area contributed by atoms with Crippen molar-refractivity contribution in [3.63, 3.8) is 0 Å². The van der Waals surface area contributed by atoms with Gasteiger partial charge in [0.25, 0.3) is 6.47 Å². The lowest BCUT2D eigenvalue weighted by Crippen LogP contribution is -2.06. The Bertz CT molecular complexity index is 546. The molecule has 0 spiro atoms. The molecule has 6 heteroatoms. The number of anilines is 2. The Balaban J connectivity index is 2.16. The van der Waals surface area contributed by atoms with E-state index in [0.717, 1.165) is 17.1 Å². The number of hydrogen-bond acceptors (Lipinski definition) is 6. The molecule has 98 valence electrons. The average molecular weight is 258 g/mol. The fourth-order valence-corrected chi connectivity index (χ4v) is 1.58. The molecule has 0 unspecified atom stereocenters. The minimum atomic E-state index is 0.281. The highest BCUT2D eigenvalue weighted by atomic mass is 16.5. The quantitative estimate of drug-likeness (QED) is 0.627. The molecular formula is C13H14N4O2. The van der Waals surface area contributed by atoms with Crippen LogP contribution in [-0.4, -0.2) is 28.0 Å². The predicted molar refractivity (Wildman–Crippen MR) is 70.0 cm³/mol. The minimum Gasteiger partial charge on any atom is -0.467 e. The second-order valence-corrected chi connectivity index (χ2v) is 3.89. The van der Waals surface area contributed by atoms with Crippen LogP contribution in [0.5, 0.6) is 0 Å². The lowest BCUT2D eigenvalue weighted by Gasteiger charge is -2.10. The van der Waals surface area contributed by atoms with Gasteiger partial charge in [-0.25, -0.2) is 4.98 Å². The third-order valence-corrected chi connectivity index (χ3v) is 2.41. The van der Waals surface area contributed by atoms with Crippen molar-refractivity contribution in [2.45, 2.75) is 13.3 Å². The van der Waals surface area contributed by atoms with Crippen LogP contribution in [0.1, 0.15) is 11.4 Å². The van der Waals surface area contributed by atoms with Crippen LogP contribution in [-0.2, 0) is 16.0 Å². The molecule has 0 bridgehead atoms. The van der Waals surface area contributed by atoms with Crippen LogP contribution in [0.3, 0.4) is 0 Å². The SMILES string of the molecule is Cc1cnc(Nc2cccnc2)c(CCOC=O)n1. The van der Waals surface area contributed by atoms with E-state index in [-0.39, 0.29) is 6.61 Å². The van der Waals surface area contributed by atoms with Crippen LogP contribution in [0.2, 0.25) is 0 Å². The van der Waals surface area contributed by atoms with Gasteiger partial charge in [-0.05, 0) is 19.1 Å². The maximum Gasteiger partial charge on any atom is 0.293 e. The summed E-state index contributed by atoms with van der Waals surface area (Å²) < 4.78 is 4.69. The van der Waals surface area contributed by atoms with Gasteiger partial charge in [-0.3, -0.25) is 14.8 Å². The van der Waals surface area contributed by atoms with Gasteiger partial charge in [-0.15, -0.1) is 0 Å². The zero-order valence-electron chi connectivity index (χ0n) is 10.5. The number of pyridine rings is 1. The Hall–Kier alpha value is -2.50. The molecule has 2 rings (SSSR count). The number of aryl methyl sites for hydroxylation is 1. The van der Waals surface area contributed by atoms with Gasteiger partial charge in [0.2, 0.25) is 0 Å². The highest BCUT2D eigenvalue weighted by Gasteiger charge is 2.07. The van der Waals surface area contributed by atoms with Gasteiger partial charge in [0.15, 0.2) is 5.82 Å². The van der Waals surface area contributed by atoms with Crippen molar-refractivity contribution in [2.75, 3.05) is 11.9 Å². The Morgan fingerprint density at radius 2 is 2.32 bits per heavy atom. The van der Waals surface area contributed by atoms with E-state index in [2.05, 4.69) is 20.3 Å². The molecule has 0 saturated heterocycles. The molecular weight excluding hydrogens is 244 g/mol. The number of rotatable bonds is 6. The van der Waals surface area contributed by atoms with Crippen LogP contribution in [0.15, 0.2) is 30.7 Å². The average Bonchev–Trinajstić information content (AvgIpc) is 2.43. The summed E-state index contributed by atoms with van der Waals surface area (Å²) >= 11 is 0. The van der Waals surface area contributed by atoms with E-state index in [9.17, 15) is 4.79 Å². The summed E-state index contributed by atoms with van der Waals surface area (Å²) in [5, 5.41) is 3.15. The van der Waals surface area contributed by atoms with E-state index in [1.165, 1.54) is 0 Å². The maximum atomic E-state index is 10.2. The normalized spacial score (nSPS) is 9.95. The van der Waals surface area contributed by atoms with E-state index in [1.54, 1.807) is 18.6 Å². The fourth-order valence-electron chi connectivity index (χ4n) is 1.58. The van der Waals surface area contributed by atoms with Crippen LogP contribution in [0.25, 0.3) is 0 Å². The first kappa shape index (κ1) is 12.9. The molecule has 0 aromatic carbocycles. The molecule has 0 amide bonds. The number of nitrogens with zero attached hydrogens (tertiary/aromatic N) is 3. The molecule has 6 nitrogen and oxygen atoms in total.